The molecule has 34 heavy (non-hydrogen) atoms. The molecule has 13 nitrogen and oxygen atoms in total. The van der Waals surface area contributed by atoms with Crippen LogP contribution in [-0.2, 0) is 40.5 Å². The SMILES string of the molecule is O.O=S(=O)([O-])C(F)(F)F.O=S(=O)([O-])C(F)(F)F.O=S(=O)([O-])C(F)(F)F.O=S(=O)([O-])C(F)(F)F.[Ce+4]. The average molecular weight is 754 g/mol. The van der Waals surface area contributed by atoms with Gasteiger partial charge in [0.15, 0.2) is 40.5 Å². The number of alkyl halides is 12. The van der Waals surface area contributed by atoms with Crippen LogP contribution in [0.4, 0.5) is 52.7 Å². The first-order chi connectivity index (χ1) is 13.0. The predicted molar refractivity (Wildman–Crippen MR) is 66.6 cm³/mol. The van der Waals surface area contributed by atoms with E-state index >= 15 is 0 Å². The van der Waals surface area contributed by atoms with Gasteiger partial charge in [-0.2, -0.15) is 52.7 Å². The standard InChI is InChI=1S/4CHF3O3S.Ce.H2O/c4*2-1(3,4)8(5,6)7;;/h4*(H,5,6,7);;1H2/q;;;;+4;/p-4. The van der Waals surface area contributed by atoms with Crippen molar-refractivity contribution in [1.82, 2.24) is 0 Å². The molecule has 0 aromatic rings. The van der Waals surface area contributed by atoms with Crippen LogP contribution in [0.5, 0.6) is 0 Å². The molecule has 30 heteroatoms. The minimum Gasteiger partial charge on any atom is -0.741 e. The zero-order chi connectivity index (χ0) is 28.0. The van der Waals surface area contributed by atoms with E-state index in [0.717, 1.165) is 0 Å². The number of halogens is 12. The molecule has 208 valence electrons. The minimum absolute atomic E-state index is 0. The Kier molecular flexibility index (Phi) is 20.6. The van der Waals surface area contributed by atoms with Crippen molar-refractivity contribution in [3.63, 3.8) is 0 Å². The molecule has 0 aliphatic carbocycles. The van der Waals surface area contributed by atoms with Gasteiger partial charge in [-0.1, -0.05) is 0 Å². The van der Waals surface area contributed by atoms with Crippen molar-refractivity contribution in [2.45, 2.75) is 22.0 Å². The van der Waals surface area contributed by atoms with E-state index in [1.807, 2.05) is 0 Å². The van der Waals surface area contributed by atoms with Gasteiger partial charge in [-0.15, -0.1) is 0 Å². The molecule has 0 rings (SSSR count). The first kappa shape index (κ1) is 47.3. The summed E-state index contributed by atoms with van der Waals surface area (Å²) in [5.41, 5.74) is -22.6. The van der Waals surface area contributed by atoms with Gasteiger partial charge in [0.1, 0.15) is 0 Å². The van der Waals surface area contributed by atoms with E-state index in [1.165, 1.54) is 0 Å². The second kappa shape index (κ2) is 14.8. The minimum atomic E-state index is -6.09. The molecule has 0 aromatic heterocycles. The van der Waals surface area contributed by atoms with Crippen LogP contribution >= 0.6 is 0 Å². The van der Waals surface area contributed by atoms with E-state index in [4.69, 9.17) is 51.9 Å². The molecule has 0 aromatic carbocycles. The quantitative estimate of drug-likeness (QED) is 0.170. The summed E-state index contributed by atoms with van der Waals surface area (Å²) in [4.78, 5) is 0. The molecular formula is C4H2CeF12O13S4. The van der Waals surface area contributed by atoms with Crippen LogP contribution in [0, 0.1) is 41.7 Å². The fourth-order valence-electron chi connectivity index (χ4n) is 0. The Balaban J connectivity index is -0.0000000754. The fourth-order valence-corrected chi connectivity index (χ4v) is 0. The van der Waals surface area contributed by atoms with Gasteiger partial charge >= 0.3 is 63.8 Å². The molecule has 0 radical (unpaired) electrons. The average Bonchev–Trinajstić information content (AvgIpc) is 2.30. The Labute approximate surface area is 213 Å². The van der Waals surface area contributed by atoms with Crippen LogP contribution in [-0.4, -0.2) is 79.4 Å². The van der Waals surface area contributed by atoms with Crippen molar-refractivity contribution in [2.75, 3.05) is 0 Å². The molecule has 0 heterocycles. The van der Waals surface area contributed by atoms with Gasteiger partial charge in [-0.05, 0) is 0 Å². The summed E-state index contributed by atoms with van der Waals surface area (Å²) in [5.74, 6) is 0. The smallest absolute Gasteiger partial charge is 0.741 e. The van der Waals surface area contributed by atoms with Crippen LogP contribution in [0.25, 0.3) is 0 Å². The molecule has 0 amide bonds. The molecule has 0 aliphatic rings. The normalized spacial score (nSPS) is 13.2. The maximum Gasteiger partial charge on any atom is 4.00 e. The van der Waals surface area contributed by atoms with Crippen LogP contribution in [0.1, 0.15) is 0 Å². The van der Waals surface area contributed by atoms with E-state index in [0.29, 0.717) is 0 Å². The summed E-state index contributed by atoms with van der Waals surface area (Å²) in [6.45, 7) is 0. The van der Waals surface area contributed by atoms with E-state index in [9.17, 15) is 52.7 Å². The second-order valence-corrected chi connectivity index (χ2v) is 9.08. The van der Waals surface area contributed by atoms with Crippen molar-refractivity contribution < 1.29 is 152 Å². The van der Waals surface area contributed by atoms with Crippen LogP contribution in [0.3, 0.4) is 0 Å². The van der Waals surface area contributed by atoms with Crippen LogP contribution in [0.15, 0.2) is 0 Å². The van der Waals surface area contributed by atoms with E-state index in [-0.39, 0.29) is 47.2 Å². The predicted octanol–water partition coefficient (Wildman–Crippen LogP) is -0.619. The molecule has 0 saturated heterocycles. The fraction of sp³-hybridized carbons (Fsp3) is 1.00. The largest absolute Gasteiger partial charge is 4.00 e. The third kappa shape index (κ3) is 23.9. The Morgan fingerprint density at radius 2 is 0.382 bits per heavy atom. The number of hydrogen-bond acceptors (Lipinski definition) is 12. The van der Waals surface area contributed by atoms with Crippen molar-refractivity contribution >= 4 is 40.5 Å². The molecule has 0 atom stereocenters. The summed E-state index contributed by atoms with van der Waals surface area (Å²) in [6.07, 6.45) is 0. The van der Waals surface area contributed by atoms with Gasteiger partial charge < -0.3 is 23.7 Å². The van der Waals surface area contributed by atoms with Crippen LogP contribution < -0.4 is 0 Å². The van der Waals surface area contributed by atoms with Gasteiger partial charge in [0.25, 0.3) is 0 Å². The van der Waals surface area contributed by atoms with Gasteiger partial charge in [0.2, 0.25) is 0 Å². The Morgan fingerprint density at radius 3 is 0.382 bits per heavy atom. The Morgan fingerprint density at radius 1 is 0.353 bits per heavy atom. The molecule has 2 N–H and O–H groups in total. The first-order valence-corrected chi connectivity index (χ1v) is 10.7. The number of hydrogen-bond donors (Lipinski definition) is 0. The number of rotatable bonds is 0. The summed E-state index contributed by atoms with van der Waals surface area (Å²) < 4.78 is 236. The third-order valence-electron chi connectivity index (χ3n) is 1.13. The van der Waals surface area contributed by atoms with Crippen molar-refractivity contribution in [3.05, 3.63) is 0 Å². The Hall–Kier alpha value is 0.137. The monoisotopic (exact) mass is 754 g/mol. The zero-order valence-electron chi connectivity index (χ0n) is 14.1. The van der Waals surface area contributed by atoms with Crippen LogP contribution in [0.2, 0.25) is 0 Å². The maximum absolute atomic E-state index is 10.7. The summed E-state index contributed by atoms with van der Waals surface area (Å²) in [5, 5.41) is 0. The van der Waals surface area contributed by atoms with E-state index < -0.39 is 62.5 Å². The zero-order valence-corrected chi connectivity index (χ0v) is 20.5. The van der Waals surface area contributed by atoms with Gasteiger partial charge in [-0.3, -0.25) is 0 Å². The molecule has 0 unspecified atom stereocenters. The summed E-state index contributed by atoms with van der Waals surface area (Å²) >= 11 is 0. The summed E-state index contributed by atoms with van der Waals surface area (Å²) in [6, 6.07) is 0. The molecular weight excluding hydrogens is 752 g/mol. The maximum atomic E-state index is 10.7. The molecule has 0 aliphatic heterocycles. The first-order valence-electron chi connectivity index (χ1n) is 5.08. The van der Waals surface area contributed by atoms with Gasteiger partial charge in [-0.25, -0.2) is 33.7 Å². The third-order valence-corrected chi connectivity index (χ3v) is 3.40. The van der Waals surface area contributed by atoms with Gasteiger partial charge in [0.05, 0.1) is 0 Å². The van der Waals surface area contributed by atoms with Crippen molar-refractivity contribution in [3.8, 4) is 0 Å². The topological polar surface area (TPSA) is 260 Å². The van der Waals surface area contributed by atoms with Crippen molar-refractivity contribution in [2.24, 2.45) is 0 Å². The van der Waals surface area contributed by atoms with E-state index in [2.05, 4.69) is 0 Å². The van der Waals surface area contributed by atoms with E-state index in [1.54, 1.807) is 0 Å². The van der Waals surface area contributed by atoms with Crippen molar-refractivity contribution in [1.29, 1.82) is 0 Å². The Bertz CT molecular complexity index is 830. The molecule has 0 spiro atoms. The second-order valence-electron chi connectivity index (χ2n) is 3.60. The molecule has 0 bridgehead atoms. The molecule has 0 saturated carbocycles. The summed E-state index contributed by atoms with van der Waals surface area (Å²) in [7, 11) is -24.4. The van der Waals surface area contributed by atoms with Gasteiger partial charge in [0, 0.05) is 0 Å². The molecule has 0 fully saturated rings.